The second-order valence-electron chi connectivity index (χ2n) is 4.13. The second kappa shape index (κ2) is 8.01. The zero-order chi connectivity index (χ0) is 15.8. The number of para-hydroxylation sites is 1. The van der Waals surface area contributed by atoms with Crippen LogP contribution in [0.1, 0.15) is 10.4 Å². The Morgan fingerprint density at radius 3 is 2.81 bits per heavy atom. The number of methoxy groups -OCH3 is 1. The SMILES string of the molecule is C=CCN(CCOC)C(=O)Nc1c(F)cccc1C(=O)O. The lowest BCUT2D eigenvalue weighted by Gasteiger charge is -2.21. The number of carbonyl (C=O) groups excluding carboxylic acids is 1. The summed E-state index contributed by atoms with van der Waals surface area (Å²) in [7, 11) is 1.49. The van der Waals surface area contributed by atoms with Crippen molar-refractivity contribution in [1.82, 2.24) is 4.90 Å². The van der Waals surface area contributed by atoms with Crippen molar-refractivity contribution in [2.45, 2.75) is 0 Å². The molecule has 1 aromatic carbocycles. The van der Waals surface area contributed by atoms with Crippen LogP contribution in [0, 0.1) is 5.82 Å². The highest BCUT2D eigenvalue weighted by Gasteiger charge is 2.19. The number of anilines is 1. The van der Waals surface area contributed by atoms with E-state index in [2.05, 4.69) is 11.9 Å². The van der Waals surface area contributed by atoms with Gasteiger partial charge in [0.15, 0.2) is 0 Å². The van der Waals surface area contributed by atoms with Crippen LogP contribution in [-0.2, 0) is 4.74 Å². The van der Waals surface area contributed by atoms with Crippen molar-refractivity contribution in [3.8, 4) is 0 Å². The number of nitrogens with one attached hydrogen (secondary N) is 1. The number of carboxylic acids is 1. The van der Waals surface area contributed by atoms with Crippen molar-refractivity contribution in [2.75, 3.05) is 32.1 Å². The first-order valence-electron chi connectivity index (χ1n) is 6.18. The maximum atomic E-state index is 13.7. The molecule has 1 aromatic rings. The molecule has 1 rings (SSSR count). The van der Waals surface area contributed by atoms with E-state index in [0.717, 1.165) is 6.07 Å². The van der Waals surface area contributed by atoms with E-state index >= 15 is 0 Å². The molecular formula is C14H17FN2O4. The molecule has 114 valence electrons. The second-order valence-corrected chi connectivity index (χ2v) is 4.13. The Labute approximate surface area is 121 Å². The van der Waals surface area contributed by atoms with Gasteiger partial charge in [-0.05, 0) is 12.1 Å². The average molecular weight is 296 g/mol. The van der Waals surface area contributed by atoms with Crippen molar-refractivity contribution in [1.29, 1.82) is 0 Å². The van der Waals surface area contributed by atoms with Gasteiger partial charge >= 0.3 is 12.0 Å². The number of nitrogens with zero attached hydrogens (tertiary/aromatic N) is 1. The van der Waals surface area contributed by atoms with Gasteiger partial charge in [0.2, 0.25) is 0 Å². The Hall–Kier alpha value is -2.41. The highest BCUT2D eigenvalue weighted by atomic mass is 19.1. The average Bonchev–Trinajstić information content (AvgIpc) is 2.45. The lowest BCUT2D eigenvalue weighted by molar-refractivity contribution is 0.0697. The predicted octanol–water partition coefficient (Wildman–Crippen LogP) is 2.19. The lowest BCUT2D eigenvalue weighted by atomic mass is 10.1. The van der Waals surface area contributed by atoms with Gasteiger partial charge < -0.3 is 20.1 Å². The first-order valence-corrected chi connectivity index (χ1v) is 6.18. The smallest absolute Gasteiger partial charge is 0.337 e. The van der Waals surface area contributed by atoms with E-state index in [-0.39, 0.29) is 24.3 Å². The van der Waals surface area contributed by atoms with E-state index in [1.807, 2.05) is 0 Å². The molecular weight excluding hydrogens is 279 g/mol. The summed E-state index contributed by atoms with van der Waals surface area (Å²) in [5.41, 5.74) is -0.671. The maximum Gasteiger partial charge on any atom is 0.337 e. The van der Waals surface area contributed by atoms with Gasteiger partial charge in [0, 0.05) is 20.2 Å². The molecule has 7 heteroatoms. The third kappa shape index (κ3) is 4.57. The third-order valence-corrected chi connectivity index (χ3v) is 2.68. The van der Waals surface area contributed by atoms with Gasteiger partial charge in [0.05, 0.1) is 17.9 Å². The number of urea groups is 1. The van der Waals surface area contributed by atoms with E-state index in [1.165, 1.54) is 30.2 Å². The third-order valence-electron chi connectivity index (χ3n) is 2.68. The van der Waals surface area contributed by atoms with E-state index in [4.69, 9.17) is 9.84 Å². The van der Waals surface area contributed by atoms with Crippen molar-refractivity contribution in [3.63, 3.8) is 0 Å². The predicted molar refractivity (Wildman–Crippen MR) is 76.0 cm³/mol. The zero-order valence-electron chi connectivity index (χ0n) is 11.6. The fourth-order valence-corrected chi connectivity index (χ4v) is 1.65. The zero-order valence-corrected chi connectivity index (χ0v) is 11.6. The van der Waals surface area contributed by atoms with Gasteiger partial charge in [-0.1, -0.05) is 12.1 Å². The number of hydrogen-bond donors (Lipinski definition) is 2. The topological polar surface area (TPSA) is 78.9 Å². The number of carbonyl (C=O) groups is 2. The Bertz CT molecular complexity index is 534. The Morgan fingerprint density at radius 2 is 2.24 bits per heavy atom. The van der Waals surface area contributed by atoms with Crippen molar-refractivity contribution < 1.29 is 23.8 Å². The standard InChI is InChI=1S/C14H17FN2O4/c1-3-7-17(8-9-21-2)14(20)16-12-10(13(18)19)5-4-6-11(12)15/h3-6H,1,7-9H2,2H3,(H,16,20)(H,18,19). The molecule has 0 fully saturated rings. The Balaban J connectivity index is 2.95. The number of rotatable bonds is 7. The highest BCUT2D eigenvalue weighted by Crippen LogP contribution is 2.20. The van der Waals surface area contributed by atoms with Crippen LogP contribution in [0.15, 0.2) is 30.9 Å². The van der Waals surface area contributed by atoms with Gasteiger partial charge in [-0.15, -0.1) is 6.58 Å². The quantitative estimate of drug-likeness (QED) is 0.756. The summed E-state index contributed by atoms with van der Waals surface area (Å²) in [5.74, 6) is -2.13. The van der Waals surface area contributed by atoms with Crippen molar-refractivity contribution in [2.24, 2.45) is 0 Å². The number of aromatic carboxylic acids is 1. The van der Waals surface area contributed by atoms with Crippen molar-refractivity contribution in [3.05, 3.63) is 42.2 Å². The summed E-state index contributed by atoms with van der Waals surface area (Å²) in [5, 5.41) is 11.3. The minimum absolute atomic E-state index is 0.228. The molecule has 0 saturated heterocycles. The monoisotopic (exact) mass is 296 g/mol. The van der Waals surface area contributed by atoms with Gasteiger partial charge in [0.1, 0.15) is 5.82 Å². The summed E-state index contributed by atoms with van der Waals surface area (Å²) in [6.07, 6.45) is 1.51. The summed E-state index contributed by atoms with van der Waals surface area (Å²) in [4.78, 5) is 24.5. The summed E-state index contributed by atoms with van der Waals surface area (Å²) >= 11 is 0. The first-order chi connectivity index (χ1) is 10.0. The fourth-order valence-electron chi connectivity index (χ4n) is 1.65. The molecule has 0 aliphatic carbocycles. The number of amides is 2. The largest absolute Gasteiger partial charge is 0.478 e. The van der Waals surface area contributed by atoms with Crippen LogP contribution in [0.5, 0.6) is 0 Å². The molecule has 2 amide bonds. The molecule has 0 aromatic heterocycles. The van der Waals surface area contributed by atoms with Crippen LogP contribution in [0.4, 0.5) is 14.9 Å². The summed E-state index contributed by atoms with van der Waals surface area (Å²) in [6, 6.07) is 2.93. The Kier molecular flexibility index (Phi) is 6.35. The highest BCUT2D eigenvalue weighted by molar-refractivity contribution is 6.00. The van der Waals surface area contributed by atoms with Crippen molar-refractivity contribution >= 4 is 17.7 Å². The molecule has 0 spiro atoms. The number of benzene rings is 1. The Morgan fingerprint density at radius 1 is 1.52 bits per heavy atom. The van der Waals surface area contributed by atoms with Gasteiger partial charge in [-0.25, -0.2) is 14.0 Å². The number of halogens is 1. The number of ether oxygens (including phenoxy) is 1. The minimum atomic E-state index is -1.32. The van der Waals surface area contributed by atoms with Crippen LogP contribution < -0.4 is 5.32 Å². The molecule has 6 nitrogen and oxygen atoms in total. The van der Waals surface area contributed by atoms with E-state index in [1.54, 1.807) is 0 Å². The van der Waals surface area contributed by atoms with Crippen LogP contribution in [0.25, 0.3) is 0 Å². The molecule has 0 heterocycles. The van der Waals surface area contributed by atoms with Crippen LogP contribution in [0.2, 0.25) is 0 Å². The van der Waals surface area contributed by atoms with E-state index < -0.39 is 17.8 Å². The van der Waals surface area contributed by atoms with Crippen LogP contribution in [-0.4, -0.2) is 48.8 Å². The molecule has 0 aliphatic heterocycles. The van der Waals surface area contributed by atoms with Crippen LogP contribution in [0.3, 0.4) is 0 Å². The molecule has 2 N–H and O–H groups in total. The summed E-state index contributed by atoms with van der Waals surface area (Å²) < 4.78 is 18.6. The van der Waals surface area contributed by atoms with Gasteiger partial charge in [-0.2, -0.15) is 0 Å². The molecule has 0 aliphatic rings. The molecule has 0 radical (unpaired) electrons. The van der Waals surface area contributed by atoms with E-state index in [9.17, 15) is 14.0 Å². The first kappa shape index (κ1) is 16.6. The minimum Gasteiger partial charge on any atom is -0.478 e. The fraction of sp³-hybridized carbons (Fsp3) is 0.286. The van der Waals surface area contributed by atoms with E-state index in [0.29, 0.717) is 6.61 Å². The summed E-state index contributed by atoms with van der Waals surface area (Å²) in [6.45, 7) is 4.32. The maximum absolute atomic E-state index is 13.7. The molecule has 0 atom stereocenters. The molecule has 0 unspecified atom stereocenters. The van der Waals surface area contributed by atoms with Crippen LogP contribution >= 0.6 is 0 Å². The lowest BCUT2D eigenvalue weighted by Crippen LogP contribution is -2.38. The van der Waals surface area contributed by atoms with Gasteiger partial charge in [-0.3, -0.25) is 0 Å². The van der Waals surface area contributed by atoms with Gasteiger partial charge in [0.25, 0.3) is 0 Å². The normalized spacial score (nSPS) is 10.0. The molecule has 0 saturated carbocycles. The molecule has 0 bridgehead atoms. The number of hydrogen-bond acceptors (Lipinski definition) is 3. The molecule has 21 heavy (non-hydrogen) atoms. The number of carboxylic acid groups (broad SMARTS) is 1.